The number of rotatable bonds is 4. The first-order valence-electron chi connectivity index (χ1n) is 4.80. The van der Waals surface area contributed by atoms with Gasteiger partial charge in [-0.05, 0) is 37.6 Å². The lowest BCUT2D eigenvalue weighted by atomic mass is 10.1. The van der Waals surface area contributed by atoms with Gasteiger partial charge in [-0.2, -0.15) is 0 Å². The average molecular weight is 199 g/mol. The van der Waals surface area contributed by atoms with Crippen LogP contribution in [0.15, 0.2) is 18.2 Å². The quantitative estimate of drug-likeness (QED) is 0.785. The van der Waals surface area contributed by atoms with Gasteiger partial charge in [-0.15, -0.1) is 0 Å². The Bertz CT molecular complexity index is 299. The molecule has 1 unspecified atom stereocenters. The molecule has 3 heteroatoms. The van der Waals surface area contributed by atoms with Gasteiger partial charge in [-0.1, -0.05) is 13.0 Å². The van der Waals surface area contributed by atoms with E-state index in [-0.39, 0.29) is 6.04 Å². The van der Waals surface area contributed by atoms with Crippen LogP contribution in [0.4, 0.5) is 8.78 Å². The highest BCUT2D eigenvalue weighted by Crippen LogP contribution is 2.10. The Morgan fingerprint density at radius 2 is 2.00 bits per heavy atom. The molecule has 0 fully saturated rings. The molecule has 1 N–H and O–H groups in total. The molecule has 0 saturated carbocycles. The molecule has 0 aliphatic carbocycles. The molecular formula is C11H15F2N. The Morgan fingerprint density at radius 1 is 1.29 bits per heavy atom. The van der Waals surface area contributed by atoms with E-state index >= 15 is 0 Å². The normalized spacial score (nSPS) is 12.9. The van der Waals surface area contributed by atoms with Crippen molar-refractivity contribution < 1.29 is 8.78 Å². The fourth-order valence-corrected chi connectivity index (χ4v) is 1.44. The molecule has 0 radical (unpaired) electrons. The second kappa shape index (κ2) is 5.05. The van der Waals surface area contributed by atoms with Gasteiger partial charge >= 0.3 is 0 Å². The van der Waals surface area contributed by atoms with Crippen LogP contribution in [0.25, 0.3) is 0 Å². The molecule has 14 heavy (non-hydrogen) atoms. The van der Waals surface area contributed by atoms with Crippen molar-refractivity contribution in [3.05, 3.63) is 35.4 Å². The smallest absolute Gasteiger partial charge is 0.159 e. The van der Waals surface area contributed by atoms with Gasteiger partial charge in [0, 0.05) is 6.04 Å². The Balaban J connectivity index is 2.63. The Labute approximate surface area is 83.1 Å². The molecule has 0 saturated heterocycles. The number of halogens is 2. The average Bonchev–Trinajstić information content (AvgIpc) is 2.12. The van der Waals surface area contributed by atoms with Crippen LogP contribution in [-0.2, 0) is 6.42 Å². The van der Waals surface area contributed by atoms with E-state index in [1.807, 2.05) is 13.8 Å². The Morgan fingerprint density at radius 3 is 2.57 bits per heavy atom. The lowest BCUT2D eigenvalue weighted by Gasteiger charge is -2.11. The Hall–Kier alpha value is -0.960. The maximum atomic E-state index is 12.8. The van der Waals surface area contributed by atoms with Crippen LogP contribution >= 0.6 is 0 Å². The van der Waals surface area contributed by atoms with E-state index in [1.165, 1.54) is 12.1 Å². The molecule has 1 aromatic carbocycles. The maximum Gasteiger partial charge on any atom is 0.159 e. The second-order valence-corrected chi connectivity index (χ2v) is 3.41. The molecule has 1 rings (SSSR count). The highest BCUT2D eigenvalue weighted by Gasteiger charge is 2.05. The van der Waals surface area contributed by atoms with Gasteiger partial charge in [0.2, 0.25) is 0 Å². The van der Waals surface area contributed by atoms with Crippen LogP contribution in [-0.4, -0.2) is 12.6 Å². The lowest BCUT2D eigenvalue weighted by Crippen LogP contribution is -2.27. The van der Waals surface area contributed by atoms with Crippen molar-refractivity contribution in [2.24, 2.45) is 0 Å². The van der Waals surface area contributed by atoms with Crippen LogP contribution in [0, 0.1) is 11.6 Å². The molecule has 0 bridgehead atoms. The van der Waals surface area contributed by atoms with E-state index in [4.69, 9.17) is 0 Å². The number of hydrogen-bond acceptors (Lipinski definition) is 1. The van der Waals surface area contributed by atoms with Crippen molar-refractivity contribution in [1.82, 2.24) is 5.32 Å². The van der Waals surface area contributed by atoms with E-state index in [0.717, 1.165) is 12.1 Å². The fraction of sp³-hybridized carbons (Fsp3) is 0.455. The monoisotopic (exact) mass is 199 g/mol. The molecule has 1 atom stereocenters. The molecule has 0 aromatic heterocycles. The highest BCUT2D eigenvalue weighted by molar-refractivity contribution is 5.18. The van der Waals surface area contributed by atoms with Gasteiger partial charge in [-0.25, -0.2) is 8.78 Å². The van der Waals surface area contributed by atoms with Crippen molar-refractivity contribution in [2.75, 3.05) is 6.54 Å². The Kier molecular flexibility index (Phi) is 4.01. The van der Waals surface area contributed by atoms with Crippen LogP contribution in [0.2, 0.25) is 0 Å². The summed E-state index contributed by atoms with van der Waals surface area (Å²) < 4.78 is 25.4. The van der Waals surface area contributed by atoms with Crippen LogP contribution in [0.5, 0.6) is 0 Å². The zero-order valence-electron chi connectivity index (χ0n) is 8.48. The molecule has 0 aliphatic rings. The second-order valence-electron chi connectivity index (χ2n) is 3.41. The third kappa shape index (κ3) is 3.07. The molecule has 0 amide bonds. The van der Waals surface area contributed by atoms with Crippen molar-refractivity contribution >= 4 is 0 Å². The number of benzene rings is 1. The summed E-state index contributed by atoms with van der Waals surface area (Å²) in [5.74, 6) is -1.56. The highest BCUT2D eigenvalue weighted by atomic mass is 19.2. The minimum atomic E-state index is -0.787. The summed E-state index contributed by atoms with van der Waals surface area (Å²) in [6.45, 7) is 4.91. The van der Waals surface area contributed by atoms with Gasteiger partial charge in [0.05, 0.1) is 0 Å². The summed E-state index contributed by atoms with van der Waals surface area (Å²) in [5, 5.41) is 3.21. The fourth-order valence-electron chi connectivity index (χ4n) is 1.44. The van der Waals surface area contributed by atoms with Crippen molar-refractivity contribution in [3.63, 3.8) is 0 Å². The van der Waals surface area contributed by atoms with Crippen LogP contribution < -0.4 is 5.32 Å². The molecule has 1 nitrogen and oxygen atoms in total. The van der Waals surface area contributed by atoms with Crippen molar-refractivity contribution in [2.45, 2.75) is 26.3 Å². The topological polar surface area (TPSA) is 12.0 Å². The largest absolute Gasteiger partial charge is 0.314 e. The van der Waals surface area contributed by atoms with Gasteiger partial charge in [0.15, 0.2) is 11.6 Å². The summed E-state index contributed by atoms with van der Waals surface area (Å²) in [4.78, 5) is 0. The van der Waals surface area contributed by atoms with E-state index in [2.05, 4.69) is 5.32 Å². The van der Waals surface area contributed by atoms with Gasteiger partial charge < -0.3 is 5.32 Å². The zero-order chi connectivity index (χ0) is 10.6. The summed E-state index contributed by atoms with van der Waals surface area (Å²) in [6, 6.07) is 4.32. The predicted molar refractivity (Wildman–Crippen MR) is 53.2 cm³/mol. The number of likely N-dealkylation sites (N-methyl/N-ethyl adjacent to an activating group) is 1. The first-order chi connectivity index (χ1) is 6.63. The number of hydrogen-bond donors (Lipinski definition) is 1. The van der Waals surface area contributed by atoms with Crippen molar-refractivity contribution in [1.29, 1.82) is 0 Å². The third-order valence-electron chi connectivity index (χ3n) is 2.08. The van der Waals surface area contributed by atoms with E-state index < -0.39 is 11.6 Å². The third-order valence-corrected chi connectivity index (χ3v) is 2.08. The van der Waals surface area contributed by atoms with Crippen molar-refractivity contribution in [3.8, 4) is 0 Å². The molecule has 0 aliphatic heterocycles. The summed E-state index contributed by atoms with van der Waals surface area (Å²) in [5.41, 5.74) is 0.817. The minimum Gasteiger partial charge on any atom is -0.314 e. The lowest BCUT2D eigenvalue weighted by molar-refractivity contribution is 0.504. The number of nitrogens with one attached hydrogen (secondary N) is 1. The van der Waals surface area contributed by atoms with Gasteiger partial charge in [0.25, 0.3) is 0 Å². The zero-order valence-corrected chi connectivity index (χ0v) is 8.48. The van der Waals surface area contributed by atoms with Gasteiger partial charge in [0.1, 0.15) is 0 Å². The van der Waals surface area contributed by atoms with Crippen LogP contribution in [0.3, 0.4) is 0 Å². The van der Waals surface area contributed by atoms with E-state index in [1.54, 1.807) is 6.07 Å². The summed E-state index contributed by atoms with van der Waals surface area (Å²) in [6.07, 6.45) is 0.713. The summed E-state index contributed by atoms with van der Waals surface area (Å²) in [7, 11) is 0. The SMILES string of the molecule is CCNC(C)Cc1ccc(F)c(F)c1. The first-order valence-corrected chi connectivity index (χ1v) is 4.80. The maximum absolute atomic E-state index is 12.8. The molecule has 0 spiro atoms. The van der Waals surface area contributed by atoms with E-state index in [9.17, 15) is 8.78 Å². The standard InChI is InChI=1S/C11H15F2N/c1-3-14-8(2)6-9-4-5-10(12)11(13)7-9/h4-5,7-8,14H,3,6H2,1-2H3. The predicted octanol–water partition coefficient (Wildman–Crippen LogP) is 2.51. The van der Waals surface area contributed by atoms with Crippen LogP contribution in [0.1, 0.15) is 19.4 Å². The molecular weight excluding hydrogens is 184 g/mol. The first kappa shape index (κ1) is 11.1. The molecule has 1 aromatic rings. The van der Waals surface area contributed by atoms with E-state index in [0.29, 0.717) is 6.42 Å². The molecule has 78 valence electrons. The summed E-state index contributed by atoms with van der Waals surface area (Å²) >= 11 is 0. The van der Waals surface area contributed by atoms with Gasteiger partial charge in [-0.3, -0.25) is 0 Å². The minimum absolute atomic E-state index is 0.282. The molecule has 0 heterocycles.